The molecule has 0 spiro atoms. The largest absolute Gasteiger partial charge is 0.506 e. The fourth-order valence-electron chi connectivity index (χ4n) is 1.27. The molecule has 0 amide bonds. The van der Waals surface area contributed by atoms with E-state index >= 15 is 0 Å². The zero-order valence-corrected chi connectivity index (χ0v) is 15.4. The summed E-state index contributed by atoms with van der Waals surface area (Å²) in [6.07, 6.45) is 1.57. The van der Waals surface area contributed by atoms with E-state index in [0.717, 1.165) is 5.56 Å². The fraction of sp³-hybridized carbons (Fsp3) is 0.100. The van der Waals surface area contributed by atoms with Crippen LogP contribution in [0.15, 0.2) is 26.2 Å². The lowest BCUT2D eigenvalue weighted by Gasteiger charge is -2.02. The van der Waals surface area contributed by atoms with E-state index in [1.807, 2.05) is 0 Å². The smallest absolute Gasteiger partial charge is 0.263 e. The van der Waals surface area contributed by atoms with Crippen LogP contribution in [0.5, 0.6) is 5.75 Å². The molecule has 0 bridgehead atoms. The van der Waals surface area contributed by atoms with Gasteiger partial charge in [-0.25, -0.2) is 10.1 Å². The van der Waals surface area contributed by atoms with Crippen LogP contribution < -0.4 is 11.3 Å². The molecule has 0 saturated carbocycles. The maximum atomic E-state index is 9.58. The van der Waals surface area contributed by atoms with Gasteiger partial charge in [0, 0.05) is 0 Å². The first-order chi connectivity index (χ1) is 8.99. The van der Waals surface area contributed by atoms with E-state index in [1.54, 1.807) is 25.3 Å². The molecular formula is C10H12Br2Cl2N6O. The molecule has 4 N–H and O–H groups in total. The molecule has 1 aromatic heterocycles. The number of hydrogen-bond donors (Lipinski definition) is 3. The minimum absolute atomic E-state index is 0. The Bertz CT molecular complexity index is 625. The normalized spacial score (nSPS) is 10.0. The van der Waals surface area contributed by atoms with Crippen molar-refractivity contribution in [2.75, 3.05) is 11.3 Å². The Morgan fingerprint density at radius 1 is 1.29 bits per heavy atom. The first-order valence-corrected chi connectivity index (χ1v) is 6.72. The maximum Gasteiger partial charge on any atom is 0.263 e. The summed E-state index contributed by atoms with van der Waals surface area (Å²) in [7, 11) is 0. The average molecular weight is 463 g/mol. The second-order valence-corrected chi connectivity index (χ2v) is 5.35. The minimum atomic E-state index is 0. The molecule has 0 radical (unpaired) electrons. The first-order valence-electron chi connectivity index (χ1n) is 5.13. The Hall–Kier alpha value is -1.03. The summed E-state index contributed by atoms with van der Waals surface area (Å²) < 4.78 is 2.43. The van der Waals surface area contributed by atoms with Gasteiger partial charge >= 0.3 is 0 Å². The number of phenolic OH excluding ortho intramolecular Hbond substituents is 1. The lowest BCUT2D eigenvalue weighted by molar-refractivity contribution is 0.468. The van der Waals surface area contributed by atoms with Crippen LogP contribution in [0.2, 0.25) is 0 Å². The van der Waals surface area contributed by atoms with Crippen LogP contribution in [-0.4, -0.2) is 26.2 Å². The number of nitrogen functional groups attached to an aromatic ring is 1. The average Bonchev–Trinajstić information content (AvgIpc) is 2.68. The summed E-state index contributed by atoms with van der Waals surface area (Å²) >= 11 is 6.48. The van der Waals surface area contributed by atoms with Gasteiger partial charge in [0.05, 0.1) is 15.2 Å². The molecule has 0 saturated heterocycles. The molecule has 0 aliphatic rings. The van der Waals surface area contributed by atoms with Gasteiger partial charge in [0.1, 0.15) is 5.75 Å². The third-order valence-corrected chi connectivity index (χ3v) is 3.49. The summed E-state index contributed by atoms with van der Waals surface area (Å²) in [5.74, 6) is 6.71. The second kappa shape index (κ2) is 8.42. The monoisotopic (exact) mass is 460 g/mol. The van der Waals surface area contributed by atoms with Gasteiger partial charge in [0.15, 0.2) is 5.82 Å². The second-order valence-electron chi connectivity index (χ2n) is 3.64. The van der Waals surface area contributed by atoms with Gasteiger partial charge in [0.2, 0.25) is 0 Å². The van der Waals surface area contributed by atoms with Crippen LogP contribution in [0, 0.1) is 6.92 Å². The molecule has 0 fully saturated rings. The zero-order chi connectivity index (χ0) is 14.0. The Labute approximate surface area is 150 Å². The van der Waals surface area contributed by atoms with Gasteiger partial charge in [-0.3, -0.25) is 0 Å². The lowest BCUT2D eigenvalue weighted by atomic mass is 10.2. The first kappa shape index (κ1) is 20.0. The minimum Gasteiger partial charge on any atom is -0.506 e. The molecule has 1 aromatic carbocycles. The summed E-state index contributed by atoms with van der Waals surface area (Å²) in [6.45, 7) is 1.73. The molecule has 2 rings (SSSR count). The molecule has 1 heterocycles. The summed E-state index contributed by atoms with van der Waals surface area (Å²) in [6, 6.07) is 3.45. The topological polar surface area (TPSA) is 101 Å². The molecule has 116 valence electrons. The Morgan fingerprint density at radius 3 is 2.33 bits per heavy atom. The number of hydrogen-bond acceptors (Lipinski definition) is 6. The third kappa shape index (κ3) is 4.73. The number of anilines is 1. The fourth-order valence-corrected chi connectivity index (χ4v) is 2.49. The van der Waals surface area contributed by atoms with E-state index in [4.69, 9.17) is 5.84 Å². The summed E-state index contributed by atoms with van der Waals surface area (Å²) in [5.41, 5.74) is 3.46. The highest BCUT2D eigenvalue weighted by atomic mass is 79.9. The molecule has 7 nitrogen and oxygen atoms in total. The van der Waals surface area contributed by atoms with E-state index in [2.05, 4.69) is 52.6 Å². The van der Waals surface area contributed by atoms with Crippen LogP contribution in [-0.2, 0) is 0 Å². The van der Waals surface area contributed by atoms with E-state index in [1.165, 1.54) is 4.68 Å². The Morgan fingerprint density at radius 2 is 1.86 bits per heavy atom. The molecule has 0 aliphatic heterocycles. The van der Waals surface area contributed by atoms with Gasteiger partial charge in [-0.2, -0.15) is 5.10 Å². The van der Waals surface area contributed by atoms with Crippen molar-refractivity contribution in [3.8, 4) is 5.75 Å². The van der Waals surface area contributed by atoms with Crippen LogP contribution >= 0.6 is 56.7 Å². The number of benzene rings is 1. The van der Waals surface area contributed by atoms with E-state index in [-0.39, 0.29) is 30.6 Å². The van der Waals surface area contributed by atoms with Gasteiger partial charge in [-0.05, 0) is 56.5 Å². The predicted octanol–water partition coefficient (Wildman–Crippen LogP) is 2.82. The van der Waals surface area contributed by atoms with Gasteiger partial charge in [-0.1, -0.05) is 0 Å². The molecule has 21 heavy (non-hydrogen) atoms. The molecule has 11 heteroatoms. The highest BCUT2D eigenvalue weighted by Crippen LogP contribution is 2.32. The SMILES string of the molecule is Cc1nnc(N/N=C/c2cc(Br)c(O)c(Br)c2)n1N.Cl.Cl. The standard InChI is InChI=1S/C10H10Br2N6O.2ClH/c1-5-15-17-10(18(5)13)16-14-4-6-2-7(11)9(19)8(12)3-6;;/h2-4,19H,13H2,1H3,(H,16,17);2*1H/b14-4+;;. The maximum absolute atomic E-state index is 9.58. The van der Waals surface area contributed by atoms with Crippen LogP contribution in [0.3, 0.4) is 0 Å². The highest BCUT2D eigenvalue weighted by Gasteiger charge is 2.05. The van der Waals surface area contributed by atoms with Crippen molar-refractivity contribution in [1.82, 2.24) is 14.9 Å². The summed E-state index contributed by atoms with van der Waals surface area (Å²) in [5, 5.41) is 21.2. The van der Waals surface area contributed by atoms with Crippen LogP contribution in [0.25, 0.3) is 0 Å². The number of phenols is 1. The number of halogens is 4. The number of rotatable bonds is 3. The summed E-state index contributed by atoms with van der Waals surface area (Å²) in [4.78, 5) is 0. The quantitative estimate of drug-likeness (QED) is 0.370. The van der Waals surface area contributed by atoms with Crippen LogP contribution in [0.4, 0.5) is 5.95 Å². The van der Waals surface area contributed by atoms with E-state index < -0.39 is 0 Å². The predicted molar refractivity (Wildman–Crippen MR) is 94.1 cm³/mol. The van der Waals surface area contributed by atoms with Gasteiger partial charge in [0.25, 0.3) is 5.95 Å². The molecule has 0 atom stereocenters. The molecule has 0 aliphatic carbocycles. The number of aromatic nitrogens is 3. The van der Waals surface area contributed by atoms with E-state index in [0.29, 0.717) is 20.7 Å². The zero-order valence-electron chi connectivity index (χ0n) is 10.6. The van der Waals surface area contributed by atoms with Gasteiger partial charge in [-0.15, -0.1) is 35.0 Å². The highest BCUT2D eigenvalue weighted by molar-refractivity contribution is 9.11. The Kier molecular flexibility index (Phi) is 8.01. The van der Waals surface area contributed by atoms with Crippen LogP contribution in [0.1, 0.15) is 11.4 Å². The van der Waals surface area contributed by atoms with Crippen molar-refractivity contribution in [3.05, 3.63) is 32.5 Å². The number of aromatic hydroxyl groups is 1. The third-order valence-electron chi connectivity index (χ3n) is 2.28. The van der Waals surface area contributed by atoms with Crippen molar-refractivity contribution < 1.29 is 5.11 Å². The number of hydrazone groups is 1. The Balaban J connectivity index is 0.00000200. The van der Waals surface area contributed by atoms with Crippen molar-refractivity contribution in [3.63, 3.8) is 0 Å². The van der Waals surface area contributed by atoms with Crippen molar-refractivity contribution in [1.29, 1.82) is 0 Å². The van der Waals surface area contributed by atoms with Gasteiger partial charge < -0.3 is 10.9 Å². The van der Waals surface area contributed by atoms with Crippen molar-refractivity contribution in [2.45, 2.75) is 6.92 Å². The molecular weight excluding hydrogens is 451 g/mol. The number of nitrogens with zero attached hydrogens (tertiary/aromatic N) is 4. The van der Waals surface area contributed by atoms with E-state index in [9.17, 15) is 5.11 Å². The van der Waals surface area contributed by atoms with Crippen molar-refractivity contribution >= 4 is 68.8 Å². The number of aryl methyl sites for hydroxylation is 1. The molecule has 0 unspecified atom stereocenters. The number of nitrogens with one attached hydrogen (secondary N) is 1. The van der Waals surface area contributed by atoms with Crippen molar-refractivity contribution in [2.24, 2.45) is 5.10 Å². The molecule has 2 aromatic rings. The number of nitrogens with two attached hydrogens (primary N) is 1. The lowest BCUT2D eigenvalue weighted by Crippen LogP contribution is -2.13.